The van der Waals surface area contributed by atoms with Gasteiger partial charge in [0.25, 0.3) is 5.91 Å². The number of amides is 1. The van der Waals surface area contributed by atoms with Crippen molar-refractivity contribution in [2.24, 2.45) is 13.0 Å². The van der Waals surface area contributed by atoms with Gasteiger partial charge in [0.15, 0.2) is 0 Å². The van der Waals surface area contributed by atoms with Crippen LogP contribution in [0.1, 0.15) is 37.2 Å². The lowest BCUT2D eigenvalue weighted by Gasteiger charge is -2.13. The Morgan fingerprint density at radius 2 is 2.12 bits per heavy atom. The monoisotopic (exact) mass is 286 g/mol. The van der Waals surface area contributed by atoms with Crippen LogP contribution in [0.25, 0.3) is 0 Å². The summed E-state index contributed by atoms with van der Waals surface area (Å²) in [5.74, 6) is 0.577. The summed E-state index contributed by atoms with van der Waals surface area (Å²) in [6.45, 7) is 5.06. The Balaban J connectivity index is 2.56. The number of rotatable bonds is 5. The summed E-state index contributed by atoms with van der Waals surface area (Å²) in [6.07, 6.45) is 4.09. The van der Waals surface area contributed by atoms with Crippen LogP contribution in [0.3, 0.4) is 0 Å². The SMILES string of the molecule is CCC(CC)CNC(=O)c1cc(Br)cn1C. The molecule has 3 nitrogen and oxygen atoms in total. The highest BCUT2D eigenvalue weighted by Crippen LogP contribution is 2.13. The first-order valence-corrected chi connectivity index (χ1v) is 6.47. The van der Waals surface area contributed by atoms with Gasteiger partial charge in [-0.1, -0.05) is 26.7 Å². The summed E-state index contributed by atoms with van der Waals surface area (Å²) in [5.41, 5.74) is 0.692. The van der Waals surface area contributed by atoms with Crippen LogP contribution < -0.4 is 5.32 Å². The molecule has 0 atom stereocenters. The third-order valence-corrected chi connectivity index (χ3v) is 3.34. The number of hydrogen-bond acceptors (Lipinski definition) is 1. The molecule has 0 saturated carbocycles. The number of nitrogens with zero attached hydrogens (tertiary/aromatic N) is 1. The van der Waals surface area contributed by atoms with Crippen molar-refractivity contribution in [1.82, 2.24) is 9.88 Å². The molecule has 0 radical (unpaired) electrons. The lowest BCUT2D eigenvalue weighted by atomic mass is 10.0. The zero-order valence-electron chi connectivity index (χ0n) is 10.1. The van der Waals surface area contributed by atoms with E-state index < -0.39 is 0 Å². The van der Waals surface area contributed by atoms with Gasteiger partial charge < -0.3 is 9.88 Å². The molecule has 1 heterocycles. The molecule has 0 saturated heterocycles. The second-order valence-corrected chi connectivity index (χ2v) is 4.96. The molecule has 1 aromatic rings. The largest absolute Gasteiger partial charge is 0.350 e. The number of hydrogen-bond donors (Lipinski definition) is 1. The molecule has 1 N–H and O–H groups in total. The van der Waals surface area contributed by atoms with Crippen LogP contribution in [0.15, 0.2) is 16.7 Å². The molecule has 1 aromatic heterocycles. The highest BCUT2D eigenvalue weighted by Gasteiger charge is 2.12. The minimum atomic E-state index is 0.0000926. The molecule has 0 bridgehead atoms. The van der Waals surface area contributed by atoms with E-state index in [9.17, 15) is 4.79 Å². The van der Waals surface area contributed by atoms with Gasteiger partial charge in [0.05, 0.1) is 0 Å². The summed E-state index contributed by atoms with van der Waals surface area (Å²) in [6, 6.07) is 1.84. The van der Waals surface area contributed by atoms with Crippen molar-refractivity contribution in [2.45, 2.75) is 26.7 Å². The van der Waals surface area contributed by atoms with E-state index in [4.69, 9.17) is 0 Å². The van der Waals surface area contributed by atoms with Gasteiger partial charge in [-0.3, -0.25) is 4.79 Å². The van der Waals surface area contributed by atoms with Gasteiger partial charge in [-0.2, -0.15) is 0 Å². The topological polar surface area (TPSA) is 34.0 Å². The fourth-order valence-corrected chi connectivity index (χ4v) is 2.18. The Morgan fingerprint density at radius 1 is 1.50 bits per heavy atom. The second kappa shape index (κ2) is 6.09. The van der Waals surface area contributed by atoms with Crippen molar-refractivity contribution in [3.8, 4) is 0 Å². The molecular weight excluding hydrogens is 268 g/mol. The third kappa shape index (κ3) is 3.37. The minimum Gasteiger partial charge on any atom is -0.350 e. The molecule has 0 aliphatic heterocycles. The fourth-order valence-electron chi connectivity index (χ4n) is 1.65. The molecule has 0 aromatic carbocycles. The minimum absolute atomic E-state index is 0.0000926. The van der Waals surface area contributed by atoms with Crippen LogP contribution in [0.2, 0.25) is 0 Å². The zero-order chi connectivity index (χ0) is 12.1. The number of aryl methyl sites for hydroxylation is 1. The van der Waals surface area contributed by atoms with Crippen molar-refractivity contribution < 1.29 is 4.79 Å². The van der Waals surface area contributed by atoms with Gasteiger partial charge in [-0.25, -0.2) is 0 Å². The number of carbonyl (C=O) groups is 1. The molecule has 1 rings (SSSR count). The molecule has 0 spiro atoms. The molecule has 0 aliphatic rings. The van der Waals surface area contributed by atoms with E-state index in [0.717, 1.165) is 23.9 Å². The molecular formula is C12H19BrN2O. The van der Waals surface area contributed by atoms with E-state index in [1.54, 1.807) is 0 Å². The fraction of sp³-hybridized carbons (Fsp3) is 0.583. The Morgan fingerprint density at radius 3 is 2.56 bits per heavy atom. The van der Waals surface area contributed by atoms with Crippen molar-refractivity contribution in [3.05, 3.63) is 22.4 Å². The lowest BCUT2D eigenvalue weighted by molar-refractivity contribution is 0.0938. The van der Waals surface area contributed by atoms with Gasteiger partial charge in [-0.15, -0.1) is 0 Å². The van der Waals surface area contributed by atoms with E-state index in [-0.39, 0.29) is 5.91 Å². The van der Waals surface area contributed by atoms with Crippen LogP contribution >= 0.6 is 15.9 Å². The number of carbonyl (C=O) groups excluding carboxylic acids is 1. The van der Waals surface area contributed by atoms with E-state index in [0.29, 0.717) is 11.6 Å². The van der Waals surface area contributed by atoms with E-state index >= 15 is 0 Å². The first-order valence-electron chi connectivity index (χ1n) is 5.68. The summed E-state index contributed by atoms with van der Waals surface area (Å²) in [4.78, 5) is 11.9. The highest BCUT2D eigenvalue weighted by molar-refractivity contribution is 9.10. The molecule has 0 unspecified atom stereocenters. The maximum atomic E-state index is 11.9. The summed E-state index contributed by atoms with van der Waals surface area (Å²) >= 11 is 3.36. The molecule has 90 valence electrons. The average Bonchev–Trinajstić information content (AvgIpc) is 2.59. The van der Waals surface area contributed by atoms with Crippen LogP contribution in [0.5, 0.6) is 0 Å². The summed E-state index contributed by atoms with van der Waals surface area (Å²) in [5, 5.41) is 2.97. The van der Waals surface area contributed by atoms with Gasteiger partial charge in [0, 0.05) is 24.3 Å². The molecule has 1 amide bonds. The van der Waals surface area contributed by atoms with Crippen molar-refractivity contribution >= 4 is 21.8 Å². The molecule has 0 aliphatic carbocycles. The predicted molar refractivity (Wildman–Crippen MR) is 69.5 cm³/mol. The maximum Gasteiger partial charge on any atom is 0.267 e. The summed E-state index contributed by atoms with van der Waals surface area (Å²) < 4.78 is 2.76. The van der Waals surface area contributed by atoms with Gasteiger partial charge >= 0.3 is 0 Å². The van der Waals surface area contributed by atoms with Gasteiger partial charge in [0.1, 0.15) is 5.69 Å². The Kier molecular flexibility index (Phi) is 5.06. The predicted octanol–water partition coefficient (Wildman–Crippen LogP) is 2.95. The third-order valence-electron chi connectivity index (χ3n) is 2.91. The van der Waals surface area contributed by atoms with Crippen LogP contribution in [0, 0.1) is 5.92 Å². The molecule has 4 heteroatoms. The Bertz CT molecular complexity index is 356. The van der Waals surface area contributed by atoms with Crippen molar-refractivity contribution in [1.29, 1.82) is 0 Å². The first-order chi connectivity index (χ1) is 7.58. The number of nitrogens with one attached hydrogen (secondary N) is 1. The Labute approximate surface area is 105 Å². The zero-order valence-corrected chi connectivity index (χ0v) is 11.7. The normalized spacial score (nSPS) is 10.8. The highest BCUT2D eigenvalue weighted by atomic mass is 79.9. The average molecular weight is 287 g/mol. The lowest BCUT2D eigenvalue weighted by Crippen LogP contribution is -2.30. The van der Waals surface area contributed by atoms with E-state index in [2.05, 4.69) is 35.1 Å². The van der Waals surface area contributed by atoms with Crippen LogP contribution in [-0.4, -0.2) is 17.0 Å². The second-order valence-electron chi connectivity index (χ2n) is 4.05. The van der Waals surface area contributed by atoms with Crippen LogP contribution in [0.4, 0.5) is 0 Å². The first kappa shape index (κ1) is 13.3. The standard InChI is InChI=1S/C12H19BrN2O/c1-4-9(5-2)7-14-12(16)11-6-10(13)8-15(11)3/h6,8-9H,4-5,7H2,1-3H3,(H,14,16). The van der Waals surface area contributed by atoms with Crippen LogP contribution in [-0.2, 0) is 7.05 Å². The quantitative estimate of drug-likeness (QED) is 0.887. The van der Waals surface area contributed by atoms with Gasteiger partial charge in [-0.05, 0) is 27.9 Å². The number of aromatic nitrogens is 1. The smallest absolute Gasteiger partial charge is 0.267 e. The number of halogens is 1. The van der Waals surface area contributed by atoms with Gasteiger partial charge in [0.2, 0.25) is 0 Å². The molecule has 16 heavy (non-hydrogen) atoms. The van der Waals surface area contributed by atoms with E-state index in [1.807, 2.05) is 23.9 Å². The van der Waals surface area contributed by atoms with Crippen molar-refractivity contribution in [2.75, 3.05) is 6.54 Å². The van der Waals surface area contributed by atoms with Crippen molar-refractivity contribution in [3.63, 3.8) is 0 Å². The summed E-state index contributed by atoms with van der Waals surface area (Å²) in [7, 11) is 1.87. The van der Waals surface area contributed by atoms with E-state index in [1.165, 1.54) is 0 Å². The molecule has 0 fully saturated rings. The maximum absolute atomic E-state index is 11.9. The Hall–Kier alpha value is -0.770.